The van der Waals surface area contributed by atoms with Crippen LogP contribution < -0.4 is 5.32 Å². The number of aromatic nitrogens is 2. The molecule has 0 bridgehead atoms. The lowest BCUT2D eigenvalue weighted by Gasteiger charge is -2.18. The molecule has 0 aliphatic carbocycles. The summed E-state index contributed by atoms with van der Waals surface area (Å²) in [5.41, 5.74) is 1.03. The SMILES string of the molecule is CNC(CCc1nccn1C)c1cc(Cl)ccc1Cl. The van der Waals surface area contributed by atoms with Gasteiger partial charge in [0.15, 0.2) is 0 Å². The molecule has 3 nitrogen and oxygen atoms in total. The normalized spacial score (nSPS) is 12.6. The van der Waals surface area contributed by atoms with Crippen molar-refractivity contribution in [3.8, 4) is 0 Å². The lowest BCUT2D eigenvalue weighted by atomic mass is 10.0. The summed E-state index contributed by atoms with van der Waals surface area (Å²) in [6.45, 7) is 0. The fourth-order valence-electron chi connectivity index (χ4n) is 2.15. The number of halogens is 2. The molecule has 0 fully saturated rings. The van der Waals surface area contributed by atoms with Crippen molar-refractivity contribution in [3.05, 3.63) is 52.0 Å². The van der Waals surface area contributed by atoms with Gasteiger partial charge in [-0.1, -0.05) is 23.2 Å². The fourth-order valence-corrected chi connectivity index (χ4v) is 2.58. The van der Waals surface area contributed by atoms with Crippen molar-refractivity contribution in [1.82, 2.24) is 14.9 Å². The van der Waals surface area contributed by atoms with E-state index in [1.807, 2.05) is 43.2 Å². The molecule has 1 atom stereocenters. The smallest absolute Gasteiger partial charge is 0.108 e. The van der Waals surface area contributed by atoms with E-state index < -0.39 is 0 Å². The van der Waals surface area contributed by atoms with E-state index in [2.05, 4.69) is 10.3 Å². The number of rotatable bonds is 5. The first-order valence-corrected chi connectivity index (χ1v) is 6.96. The van der Waals surface area contributed by atoms with Gasteiger partial charge in [0, 0.05) is 41.9 Å². The van der Waals surface area contributed by atoms with Crippen molar-refractivity contribution in [2.24, 2.45) is 7.05 Å². The maximum atomic E-state index is 6.24. The minimum Gasteiger partial charge on any atom is -0.338 e. The maximum Gasteiger partial charge on any atom is 0.108 e. The summed E-state index contributed by atoms with van der Waals surface area (Å²) >= 11 is 12.3. The highest BCUT2D eigenvalue weighted by atomic mass is 35.5. The van der Waals surface area contributed by atoms with Gasteiger partial charge in [0.25, 0.3) is 0 Å². The van der Waals surface area contributed by atoms with Gasteiger partial charge in [0.1, 0.15) is 5.82 Å². The molecule has 1 heterocycles. The van der Waals surface area contributed by atoms with Crippen molar-refractivity contribution in [2.75, 3.05) is 7.05 Å². The Morgan fingerprint density at radius 3 is 2.79 bits per heavy atom. The highest BCUT2D eigenvalue weighted by molar-refractivity contribution is 6.33. The van der Waals surface area contributed by atoms with Crippen LogP contribution in [0.15, 0.2) is 30.6 Å². The molecule has 0 saturated heterocycles. The standard InChI is InChI=1S/C14H17Cl2N3/c1-17-13(5-6-14-18-7-8-19(14)2)11-9-10(15)3-4-12(11)16/h3-4,7-9,13,17H,5-6H2,1-2H3. The highest BCUT2D eigenvalue weighted by Crippen LogP contribution is 2.28. The molecule has 102 valence electrons. The van der Waals surface area contributed by atoms with E-state index in [9.17, 15) is 0 Å². The first-order chi connectivity index (χ1) is 9.11. The molecule has 0 aliphatic rings. The molecule has 1 unspecified atom stereocenters. The summed E-state index contributed by atoms with van der Waals surface area (Å²) in [5.74, 6) is 1.07. The summed E-state index contributed by atoms with van der Waals surface area (Å²) in [6.07, 6.45) is 5.57. The molecule has 2 aromatic rings. The number of imidazole rings is 1. The first-order valence-electron chi connectivity index (χ1n) is 6.20. The quantitative estimate of drug-likeness (QED) is 0.913. The molecule has 0 saturated carbocycles. The van der Waals surface area contributed by atoms with Crippen molar-refractivity contribution in [3.63, 3.8) is 0 Å². The number of nitrogens with one attached hydrogen (secondary N) is 1. The Balaban J connectivity index is 2.12. The lowest BCUT2D eigenvalue weighted by molar-refractivity contribution is 0.536. The van der Waals surface area contributed by atoms with Gasteiger partial charge < -0.3 is 9.88 Å². The van der Waals surface area contributed by atoms with E-state index in [1.54, 1.807) is 6.07 Å². The first kappa shape index (κ1) is 14.4. The van der Waals surface area contributed by atoms with Crippen molar-refractivity contribution in [2.45, 2.75) is 18.9 Å². The zero-order valence-corrected chi connectivity index (χ0v) is 12.5. The molecule has 0 amide bonds. The van der Waals surface area contributed by atoms with Gasteiger partial charge in [-0.05, 0) is 37.2 Å². The molecule has 0 radical (unpaired) electrons. The van der Waals surface area contributed by atoms with E-state index in [0.29, 0.717) is 5.02 Å². The van der Waals surface area contributed by atoms with Crippen LogP contribution in [-0.2, 0) is 13.5 Å². The number of hydrogen-bond acceptors (Lipinski definition) is 2. The summed E-state index contributed by atoms with van der Waals surface area (Å²) in [4.78, 5) is 4.33. The molecule has 19 heavy (non-hydrogen) atoms. The number of nitrogens with zero attached hydrogens (tertiary/aromatic N) is 2. The van der Waals surface area contributed by atoms with Crippen LogP contribution in [0.2, 0.25) is 10.0 Å². The summed E-state index contributed by atoms with van der Waals surface area (Å²) in [6, 6.07) is 5.73. The maximum absolute atomic E-state index is 6.24. The van der Waals surface area contributed by atoms with Crippen molar-refractivity contribution >= 4 is 23.2 Å². The van der Waals surface area contributed by atoms with E-state index in [4.69, 9.17) is 23.2 Å². The van der Waals surface area contributed by atoms with Gasteiger partial charge in [-0.25, -0.2) is 4.98 Å². The van der Waals surface area contributed by atoms with Crippen LogP contribution in [0.1, 0.15) is 23.9 Å². The van der Waals surface area contributed by atoms with Gasteiger partial charge in [-0.15, -0.1) is 0 Å². The minimum absolute atomic E-state index is 0.169. The van der Waals surface area contributed by atoms with E-state index in [-0.39, 0.29) is 6.04 Å². The highest BCUT2D eigenvalue weighted by Gasteiger charge is 2.14. The molecule has 0 aliphatic heterocycles. The molecule has 2 rings (SSSR count). The van der Waals surface area contributed by atoms with E-state index in [0.717, 1.165) is 29.3 Å². The van der Waals surface area contributed by atoms with Crippen LogP contribution in [0.4, 0.5) is 0 Å². The Hall–Kier alpha value is -1.03. The van der Waals surface area contributed by atoms with Gasteiger partial charge >= 0.3 is 0 Å². The summed E-state index contributed by atoms with van der Waals surface area (Å²) in [7, 11) is 3.93. The molecule has 5 heteroatoms. The molecular formula is C14H17Cl2N3. The predicted molar refractivity (Wildman–Crippen MR) is 79.8 cm³/mol. The van der Waals surface area contributed by atoms with Gasteiger partial charge in [0.05, 0.1) is 0 Å². The number of hydrogen-bond donors (Lipinski definition) is 1. The third-order valence-electron chi connectivity index (χ3n) is 3.26. The number of aryl methyl sites for hydroxylation is 2. The zero-order valence-electron chi connectivity index (χ0n) is 11.0. The third kappa shape index (κ3) is 3.50. The van der Waals surface area contributed by atoms with Gasteiger partial charge in [0.2, 0.25) is 0 Å². The lowest BCUT2D eigenvalue weighted by Crippen LogP contribution is -2.18. The van der Waals surface area contributed by atoms with Crippen LogP contribution in [0, 0.1) is 0 Å². The Kier molecular flexibility index (Phi) is 4.86. The average Bonchev–Trinajstić information content (AvgIpc) is 2.80. The monoisotopic (exact) mass is 297 g/mol. The summed E-state index contributed by atoms with van der Waals surface area (Å²) < 4.78 is 2.03. The van der Waals surface area contributed by atoms with Crippen molar-refractivity contribution < 1.29 is 0 Å². The number of benzene rings is 1. The van der Waals surface area contributed by atoms with Gasteiger partial charge in [-0.2, -0.15) is 0 Å². The molecule has 1 aromatic heterocycles. The minimum atomic E-state index is 0.169. The second-order valence-corrected chi connectivity index (χ2v) is 5.34. The van der Waals surface area contributed by atoms with Gasteiger partial charge in [-0.3, -0.25) is 0 Å². The van der Waals surface area contributed by atoms with Crippen molar-refractivity contribution in [1.29, 1.82) is 0 Å². The summed E-state index contributed by atoms with van der Waals surface area (Å²) in [5, 5.41) is 4.73. The van der Waals surface area contributed by atoms with Crippen LogP contribution in [0.3, 0.4) is 0 Å². The Labute approximate surface area is 123 Å². The second kappa shape index (κ2) is 6.42. The predicted octanol–water partition coefficient (Wildman–Crippen LogP) is 3.62. The third-order valence-corrected chi connectivity index (χ3v) is 3.84. The van der Waals surface area contributed by atoms with Crippen LogP contribution in [-0.4, -0.2) is 16.6 Å². The zero-order chi connectivity index (χ0) is 13.8. The fraction of sp³-hybridized carbons (Fsp3) is 0.357. The van der Waals surface area contributed by atoms with Crippen LogP contribution in [0.5, 0.6) is 0 Å². The molecule has 1 N–H and O–H groups in total. The van der Waals surface area contributed by atoms with Crippen LogP contribution >= 0.6 is 23.2 Å². The Bertz CT molecular complexity index is 551. The Morgan fingerprint density at radius 2 is 2.16 bits per heavy atom. The topological polar surface area (TPSA) is 29.9 Å². The van der Waals surface area contributed by atoms with E-state index in [1.165, 1.54) is 0 Å². The van der Waals surface area contributed by atoms with Crippen LogP contribution in [0.25, 0.3) is 0 Å². The average molecular weight is 298 g/mol. The second-order valence-electron chi connectivity index (χ2n) is 4.50. The molecule has 1 aromatic carbocycles. The van der Waals surface area contributed by atoms with E-state index >= 15 is 0 Å². The Morgan fingerprint density at radius 1 is 1.37 bits per heavy atom. The molecule has 0 spiro atoms. The largest absolute Gasteiger partial charge is 0.338 e. The molecular weight excluding hydrogens is 281 g/mol.